The highest BCUT2D eigenvalue weighted by atomic mass is 32.2. The van der Waals surface area contributed by atoms with Crippen LogP contribution in [0.3, 0.4) is 0 Å². The highest BCUT2D eigenvalue weighted by Crippen LogP contribution is 2.16. The molecule has 1 amide bonds. The molecule has 0 aromatic heterocycles. The molecule has 0 saturated heterocycles. The van der Waals surface area contributed by atoms with E-state index in [0.29, 0.717) is 5.75 Å². The van der Waals surface area contributed by atoms with Crippen molar-refractivity contribution < 1.29 is 27.5 Å². The zero-order chi connectivity index (χ0) is 22.3. The summed E-state index contributed by atoms with van der Waals surface area (Å²) in [6, 6.07) is 12.7. The molecule has 0 aliphatic heterocycles. The highest BCUT2D eigenvalue weighted by Gasteiger charge is 2.26. The number of ether oxygens (including phenoxy) is 2. The smallest absolute Gasteiger partial charge is 0.324 e. The number of amides is 1. The first kappa shape index (κ1) is 22.9. The van der Waals surface area contributed by atoms with Crippen molar-refractivity contribution in [1.29, 1.82) is 5.26 Å². The van der Waals surface area contributed by atoms with Gasteiger partial charge < -0.3 is 14.8 Å². The van der Waals surface area contributed by atoms with Gasteiger partial charge in [-0.25, -0.2) is 8.42 Å². The maximum absolute atomic E-state index is 12.4. The zero-order valence-electron chi connectivity index (χ0n) is 16.6. The first-order valence-electron chi connectivity index (χ1n) is 8.85. The third-order valence-corrected chi connectivity index (χ3v) is 5.58. The molecule has 0 radical (unpaired) electrons. The largest absolute Gasteiger partial charge is 0.497 e. The van der Waals surface area contributed by atoms with Crippen molar-refractivity contribution in [2.75, 3.05) is 12.4 Å². The molecule has 2 aromatic carbocycles. The Balaban J connectivity index is 1.98. The first-order chi connectivity index (χ1) is 14.2. The average Bonchev–Trinajstić information content (AvgIpc) is 2.73. The Kier molecular flexibility index (Phi) is 7.52. The fourth-order valence-corrected chi connectivity index (χ4v) is 3.55. The quantitative estimate of drug-likeness (QED) is 0.609. The number of sulfonamides is 1. The van der Waals surface area contributed by atoms with Crippen molar-refractivity contribution in [3.63, 3.8) is 0 Å². The molecule has 0 aliphatic rings. The van der Waals surface area contributed by atoms with E-state index in [4.69, 9.17) is 14.7 Å². The summed E-state index contributed by atoms with van der Waals surface area (Å²) in [6.07, 6.45) is -1.21. The predicted octanol–water partition coefficient (Wildman–Crippen LogP) is 1.80. The maximum Gasteiger partial charge on any atom is 0.324 e. The average molecular weight is 431 g/mol. The van der Waals surface area contributed by atoms with Crippen molar-refractivity contribution in [2.45, 2.75) is 30.9 Å². The highest BCUT2D eigenvalue weighted by molar-refractivity contribution is 7.89. The normalized spacial score (nSPS) is 12.9. The lowest BCUT2D eigenvalue weighted by atomic mass is 10.2. The van der Waals surface area contributed by atoms with Crippen molar-refractivity contribution in [1.82, 2.24) is 4.72 Å². The van der Waals surface area contributed by atoms with Crippen LogP contribution in [-0.2, 0) is 24.3 Å². The SMILES string of the molecule is COc1ccc(S(=O)(=O)NC(C)C(=O)OC(C)C(=O)Nc2ccccc2C#N)cc1. The molecule has 2 rings (SSSR count). The Bertz CT molecular complexity index is 1060. The first-order valence-corrected chi connectivity index (χ1v) is 10.3. The molecule has 0 bridgehead atoms. The third-order valence-electron chi connectivity index (χ3n) is 4.02. The number of methoxy groups -OCH3 is 1. The molecule has 9 nitrogen and oxygen atoms in total. The van der Waals surface area contributed by atoms with Gasteiger partial charge in [-0.15, -0.1) is 0 Å². The van der Waals surface area contributed by atoms with Crippen molar-refractivity contribution in [3.05, 3.63) is 54.1 Å². The third kappa shape index (κ3) is 5.79. The van der Waals surface area contributed by atoms with E-state index < -0.39 is 34.0 Å². The summed E-state index contributed by atoms with van der Waals surface area (Å²) in [4.78, 5) is 24.4. The minimum absolute atomic E-state index is 0.0538. The van der Waals surface area contributed by atoms with E-state index in [-0.39, 0.29) is 16.1 Å². The molecule has 2 N–H and O–H groups in total. The number of anilines is 1. The maximum atomic E-state index is 12.4. The van der Waals surface area contributed by atoms with Crippen LogP contribution in [0.2, 0.25) is 0 Å². The fourth-order valence-electron chi connectivity index (χ4n) is 2.36. The fraction of sp³-hybridized carbons (Fsp3) is 0.250. The Labute approximate surface area is 174 Å². The van der Waals surface area contributed by atoms with Gasteiger partial charge >= 0.3 is 5.97 Å². The van der Waals surface area contributed by atoms with Gasteiger partial charge in [0.15, 0.2) is 6.10 Å². The van der Waals surface area contributed by atoms with Crippen LogP contribution >= 0.6 is 0 Å². The molecule has 158 valence electrons. The van der Waals surface area contributed by atoms with E-state index in [0.717, 1.165) is 0 Å². The summed E-state index contributed by atoms with van der Waals surface area (Å²) in [6.45, 7) is 2.64. The Morgan fingerprint density at radius 2 is 1.70 bits per heavy atom. The van der Waals surface area contributed by atoms with Gasteiger partial charge in [-0.2, -0.15) is 9.98 Å². The lowest BCUT2D eigenvalue weighted by Gasteiger charge is -2.18. The number of nitrogens with zero attached hydrogens (tertiary/aromatic N) is 1. The van der Waals surface area contributed by atoms with Crippen molar-refractivity contribution >= 4 is 27.6 Å². The van der Waals surface area contributed by atoms with E-state index in [2.05, 4.69) is 10.0 Å². The van der Waals surface area contributed by atoms with Crippen LogP contribution < -0.4 is 14.8 Å². The molecule has 0 heterocycles. The summed E-state index contributed by atoms with van der Waals surface area (Å²) in [7, 11) is -2.53. The minimum Gasteiger partial charge on any atom is -0.497 e. The van der Waals surface area contributed by atoms with Crippen LogP contribution in [0.4, 0.5) is 5.69 Å². The molecule has 2 aromatic rings. The number of carbonyl (C=O) groups excluding carboxylic acids is 2. The lowest BCUT2D eigenvalue weighted by molar-refractivity contribution is -0.154. The molecular weight excluding hydrogens is 410 g/mol. The van der Waals surface area contributed by atoms with Crippen LogP contribution in [0.15, 0.2) is 53.4 Å². The molecule has 0 saturated carbocycles. The summed E-state index contributed by atoms with van der Waals surface area (Å²) < 4.78 is 37.1. The summed E-state index contributed by atoms with van der Waals surface area (Å²) in [5.41, 5.74) is 0.533. The molecular formula is C20H21N3O6S. The summed E-state index contributed by atoms with van der Waals surface area (Å²) in [5, 5.41) is 11.6. The van der Waals surface area contributed by atoms with Gasteiger partial charge in [-0.1, -0.05) is 12.1 Å². The second-order valence-electron chi connectivity index (χ2n) is 6.24. The minimum atomic E-state index is -3.99. The van der Waals surface area contributed by atoms with E-state index in [9.17, 15) is 18.0 Å². The second-order valence-corrected chi connectivity index (χ2v) is 7.96. The number of hydrogen-bond donors (Lipinski definition) is 2. The Hall–Kier alpha value is -3.42. The van der Waals surface area contributed by atoms with Crippen LogP contribution in [0, 0.1) is 11.3 Å². The number of carbonyl (C=O) groups is 2. The topological polar surface area (TPSA) is 135 Å². The molecule has 0 spiro atoms. The van der Waals surface area contributed by atoms with Gasteiger partial charge in [-0.3, -0.25) is 9.59 Å². The number of benzene rings is 2. The monoisotopic (exact) mass is 431 g/mol. The number of para-hydroxylation sites is 1. The van der Waals surface area contributed by atoms with E-state index in [1.54, 1.807) is 12.1 Å². The van der Waals surface area contributed by atoms with Gasteiger partial charge in [0.05, 0.1) is 23.3 Å². The van der Waals surface area contributed by atoms with Crippen LogP contribution in [0.25, 0.3) is 0 Å². The molecule has 2 unspecified atom stereocenters. The summed E-state index contributed by atoms with van der Waals surface area (Å²) >= 11 is 0. The molecule has 0 aliphatic carbocycles. The standard InChI is InChI=1S/C20H21N3O6S/c1-13(23-30(26,27)17-10-8-16(28-3)9-11-17)20(25)29-14(2)19(24)22-18-7-5-4-6-15(18)12-21/h4-11,13-14,23H,1-3H3,(H,22,24). The molecule has 10 heteroatoms. The molecule has 2 atom stereocenters. The van der Waals surface area contributed by atoms with Crippen LogP contribution in [0.1, 0.15) is 19.4 Å². The molecule has 30 heavy (non-hydrogen) atoms. The Morgan fingerprint density at radius 1 is 1.07 bits per heavy atom. The number of esters is 1. The Morgan fingerprint density at radius 3 is 2.30 bits per heavy atom. The van der Waals surface area contributed by atoms with Crippen molar-refractivity contribution in [2.24, 2.45) is 0 Å². The predicted molar refractivity (Wildman–Crippen MR) is 108 cm³/mol. The summed E-state index contributed by atoms with van der Waals surface area (Å²) in [5.74, 6) is -1.10. The van der Waals surface area contributed by atoms with Gasteiger partial charge in [0.25, 0.3) is 5.91 Å². The van der Waals surface area contributed by atoms with E-state index in [1.165, 1.54) is 57.4 Å². The number of nitriles is 1. The van der Waals surface area contributed by atoms with Crippen LogP contribution in [-0.4, -0.2) is 39.5 Å². The lowest BCUT2D eigenvalue weighted by Crippen LogP contribution is -2.42. The van der Waals surface area contributed by atoms with Crippen LogP contribution in [0.5, 0.6) is 5.75 Å². The van der Waals surface area contributed by atoms with E-state index in [1.807, 2.05) is 6.07 Å². The van der Waals surface area contributed by atoms with Gasteiger partial charge in [0, 0.05) is 0 Å². The number of rotatable bonds is 8. The van der Waals surface area contributed by atoms with Crippen molar-refractivity contribution in [3.8, 4) is 11.8 Å². The molecule has 0 fully saturated rings. The number of nitrogens with one attached hydrogen (secondary N) is 2. The number of hydrogen-bond acceptors (Lipinski definition) is 7. The van der Waals surface area contributed by atoms with Gasteiger partial charge in [-0.05, 0) is 50.2 Å². The van der Waals surface area contributed by atoms with E-state index >= 15 is 0 Å². The van der Waals surface area contributed by atoms with Gasteiger partial charge in [0.2, 0.25) is 10.0 Å². The second kappa shape index (κ2) is 9.87. The van der Waals surface area contributed by atoms with Gasteiger partial charge in [0.1, 0.15) is 17.9 Å². The zero-order valence-corrected chi connectivity index (χ0v) is 17.4.